The van der Waals surface area contributed by atoms with Crippen LogP contribution in [0.3, 0.4) is 0 Å². The molecular formula is C18H28N2. The molecule has 1 aliphatic heterocycles. The molecular weight excluding hydrogens is 244 g/mol. The van der Waals surface area contributed by atoms with Crippen LogP contribution in [0.1, 0.15) is 31.9 Å². The maximum absolute atomic E-state index is 3.88. The van der Waals surface area contributed by atoms with Crippen LogP contribution in [0.15, 0.2) is 42.6 Å². The lowest BCUT2D eigenvalue weighted by Gasteiger charge is -2.29. The van der Waals surface area contributed by atoms with Crippen molar-refractivity contribution in [2.75, 3.05) is 26.2 Å². The van der Waals surface area contributed by atoms with Crippen LogP contribution in [0.25, 0.3) is 5.57 Å². The van der Waals surface area contributed by atoms with Crippen LogP contribution in [-0.4, -0.2) is 31.1 Å². The van der Waals surface area contributed by atoms with E-state index in [-0.39, 0.29) is 0 Å². The molecule has 0 unspecified atom stereocenters. The van der Waals surface area contributed by atoms with E-state index in [0.717, 1.165) is 26.2 Å². The van der Waals surface area contributed by atoms with Crippen molar-refractivity contribution in [2.45, 2.75) is 27.7 Å². The lowest BCUT2D eigenvalue weighted by molar-refractivity contribution is 0.301. The fourth-order valence-electron chi connectivity index (χ4n) is 2.10. The molecule has 2 nitrogen and oxygen atoms in total. The molecule has 0 aromatic heterocycles. The first-order chi connectivity index (χ1) is 9.54. The van der Waals surface area contributed by atoms with Crippen LogP contribution in [0.2, 0.25) is 0 Å². The molecule has 1 N–H and O–H groups in total. The zero-order chi connectivity index (χ0) is 15.0. The first-order valence-corrected chi connectivity index (χ1v) is 7.35. The molecule has 0 saturated carbocycles. The highest BCUT2D eigenvalue weighted by atomic mass is 15.2. The second-order valence-electron chi connectivity index (χ2n) is 5.31. The number of hydrogen-bond acceptors (Lipinski definition) is 2. The lowest BCUT2D eigenvalue weighted by Crippen LogP contribution is -2.42. The number of rotatable bonds is 2. The second-order valence-corrected chi connectivity index (χ2v) is 5.31. The van der Waals surface area contributed by atoms with Gasteiger partial charge >= 0.3 is 0 Å². The molecule has 0 bridgehead atoms. The summed E-state index contributed by atoms with van der Waals surface area (Å²) in [6.45, 7) is 16.7. The summed E-state index contributed by atoms with van der Waals surface area (Å²) in [5, 5.41) is 3.29. The largest absolute Gasteiger partial charge is 0.373 e. The van der Waals surface area contributed by atoms with Gasteiger partial charge in [-0.25, -0.2) is 0 Å². The van der Waals surface area contributed by atoms with Crippen molar-refractivity contribution in [2.24, 2.45) is 0 Å². The Bertz CT molecular complexity index is 454. The number of hydrogen-bond donors (Lipinski definition) is 1. The Labute approximate surface area is 124 Å². The van der Waals surface area contributed by atoms with Crippen LogP contribution in [0.5, 0.6) is 0 Å². The molecule has 110 valence electrons. The molecule has 0 amide bonds. The highest BCUT2D eigenvalue weighted by Crippen LogP contribution is 2.14. The predicted octanol–water partition coefficient (Wildman–Crippen LogP) is 3.84. The van der Waals surface area contributed by atoms with Crippen LogP contribution in [0.4, 0.5) is 0 Å². The maximum Gasteiger partial charge on any atom is 0.0300 e. The van der Waals surface area contributed by atoms with Crippen molar-refractivity contribution in [1.82, 2.24) is 10.2 Å². The minimum Gasteiger partial charge on any atom is -0.373 e. The molecule has 0 radical (unpaired) electrons. The molecule has 1 aliphatic rings. The molecule has 2 heteroatoms. The van der Waals surface area contributed by atoms with E-state index in [1.54, 1.807) is 0 Å². The van der Waals surface area contributed by atoms with Crippen LogP contribution >= 0.6 is 0 Å². The lowest BCUT2D eigenvalue weighted by atomic mass is 10.1. The fourth-order valence-corrected chi connectivity index (χ4v) is 2.10. The summed E-state index contributed by atoms with van der Waals surface area (Å²) in [5.41, 5.74) is 5.18. The van der Waals surface area contributed by atoms with Gasteiger partial charge in [-0.2, -0.15) is 0 Å². The number of aryl methyl sites for hydroxylation is 1. The van der Waals surface area contributed by atoms with Gasteiger partial charge in [0.25, 0.3) is 0 Å². The molecule has 1 fully saturated rings. The highest BCUT2D eigenvalue weighted by Gasteiger charge is 2.06. The number of nitrogens with one attached hydrogen (secondary N) is 1. The van der Waals surface area contributed by atoms with Gasteiger partial charge in [0.2, 0.25) is 0 Å². The molecule has 1 heterocycles. The SMILES string of the molecule is C/C=C(\C)c1cccc(C)c1.C=C(C)N1CCNCC1. The first kappa shape index (κ1) is 16.5. The molecule has 0 atom stereocenters. The highest BCUT2D eigenvalue weighted by molar-refractivity contribution is 5.63. The van der Waals surface area contributed by atoms with Crippen molar-refractivity contribution in [3.05, 3.63) is 53.7 Å². The van der Waals surface area contributed by atoms with Crippen molar-refractivity contribution in [3.8, 4) is 0 Å². The van der Waals surface area contributed by atoms with Gasteiger partial charge in [0, 0.05) is 31.9 Å². The average Bonchev–Trinajstić information content (AvgIpc) is 2.48. The smallest absolute Gasteiger partial charge is 0.0300 e. The Kier molecular flexibility index (Phi) is 7.10. The van der Waals surface area contributed by atoms with Crippen LogP contribution in [-0.2, 0) is 0 Å². The molecule has 2 rings (SSSR count). The second kappa shape index (κ2) is 8.60. The molecule has 1 aromatic rings. The van der Waals surface area contributed by atoms with Crippen molar-refractivity contribution >= 4 is 5.57 Å². The van der Waals surface area contributed by atoms with Crippen molar-refractivity contribution in [3.63, 3.8) is 0 Å². The summed E-state index contributed by atoms with van der Waals surface area (Å²) in [6, 6.07) is 8.56. The zero-order valence-corrected chi connectivity index (χ0v) is 13.4. The summed E-state index contributed by atoms with van der Waals surface area (Å²) < 4.78 is 0. The van der Waals surface area contributed by atoms with E-state index in [2.05, 4.69) is 74.8 Å². The Morgan fingerprint density at radius 2 is 1.90 bits per heavy atom. The Hall–Kier alpha value is -1.54. The third-order valence-corrected chi connectivity index (χ3v) is 3.56. The van der Waals surface area contributed by atoms with Gasteiger partial charge in [-0.1, -0.05) is 42.5 Å². The molecule has 0 aliphatic carbocycles. The topological polar surface area (TPSA) is 15.3 Å². The van der Waals surface area contributed by atoms with Crippen molar-refractivity contribution in [1.29, 1.82) is 0 Å². The van der Waals surface area contributed by atoms with Gasteiger partial charge < -0.3 is 10.2 Å². The van der Waals surface area contributed by atoms with E-state index < -0.39 is 0 Å². The minimum absolute atomic E-state index is 1.10. The summed E-state index contributed by atoms with van der Waals surface area (Å²) in [4.78, 5) is 2.30. The number of piperazine rings is 1. The maximum atomic E-state index is 3.88. The molecule has 20 heavy (non-hydrogen) atoms. The number of allylic oxidation sites excluding steroid dienone is 3. The van der Waals surface area contributed by atoms with E-state index in [4.69, 9.17) is 0 Å². The van der Waals surface area contributed by atoms with Crippen LogP contribution in [0, 0.1) is 6.92 Å². The first-order valence-electron chi connectivity index (χ1n) is 7.35. The normalized spacial score (nSPS) is 15.4. The fraction of sp³-hybridized carbons (Fsp3) is 0.444. The van der Waals surface area contributed by atoms with Crippen LogP contribution < -0.4 is 5.32 Å². The third-order valence-electron chi connectivity index (χ3n) is 3.56. The number of nitrogens with zero attached hydrogens (tertiary/aromatic N) is 1. The average molecular weight is 272 g/mol. The van der Waals surface area contributed by atoms with Gasteiger partial charge in [0.15, 0.2) is 0 Å². The Balaban J connectivity index is 0.000000204. The van der Waals surface area contributed by atoms with Crippen molar-refractivity contribution < 1.29 is 0 Å². The summed E-state index contributed by atoms with van der Waals surface area (Å²) in [7, 11) is 0. The Morgan fingerprint density at radius 1 is 1.25 bits per heavy atom. The van der Waals surface area contributed by atoms with E-state index in [1.807, 2.05) is 0 Å². The van der Waals surface area contributed by atoms with Gasteiger partial charge in [-0.05, 0) is 38.8 Å². The van der Waals surface area contributed by atoms with Gasteiger partial charge in [0.1, 0.15) is 0 Å². The summed E-state index contributed by atoms with van der Waals surface area (Å²) >= 11 is 0. The monoisotopic (exact) mass is 272 g/mol. The van der Waals surface area contributed by atoms with Gasteiger partial charge in [-0.3, -0.25) is 0 Å². The van der Waals surface area contributed by atoms with E-state index in [9.17, 15) is 0 Å². The molecule has 1 saturated heterocycles. The minimum atomic E-state index is 1.10. The quantitative estimate of drug-likeness (QED) is 0.880. The zero-order valence-electron chi connectivity index (χ0n) is 13.4. The van der Waals surface area contributed by atoms with E-state index in [1.165, 1.54) is 22.4 Å². The van der Waals surface area contributed by atoms with E-state index in [0.29, 0.717) is 0 Å². The molecule has 0 spiro atoms. The predicted molar refractivity (Wildman–Crippen MR) is 89.8 cm³/mol. The molecule has 1 aromatic carbocycles. The third kappa shape index (κ3) is 5.62. The summed E-state index contributed by atoms with van der Waals surface area (Å²) in [5.74, 6) is 0. The Morgan fingerprint density at radius 3 is 2.35 bits per heavy atom. The standard InChI is InChI=1S/C11H14.C7H14N2/c1-4-10(3)11-7-5-6-9(2)8-11;1-7(2)9-5-3-8-4-6-9/h4-8H,1-3H3;8H,1,3-6H2,2H3/b10-4+;. The van der Waals surface area contributed by atoms with E-state index >= 15 is 0 Å². The number of benzene rings is 1. The van der Waals surface area contributed by atoms with Gasteiger partial charge in [-0.15, -0.1) is 0 Å². The van der Waals surface area contributed by atoms with Gasteiger partial charge in [0.05, 0.1) is 0 Å². The summed E-state index contributed by atoms with van der Waals surface area (Å²) in [6.07, 6.45) is 2.13.